The Morgan fingerprint density at radius 1 is 0.629 bits per heavy atom. The third-order valence-electron chi connectivity index (χ3n) is 3.86. The fourth-order valence-electron chi connectivity index (χ4n) is 2.13. The van der Waals surface area contributed by atoms with Gasteiger partial charge in [-0.05, 0) is 6.92 Å². The first-order valence-corrected chi connectivity index (χ1v) is 10.6. The van der Waals surface area contributed by atoms with Gasteiger partial charge in [0.25, 0.3) is 0 Å². The molecule has 0 aromatic heterocycles. The second kappa shape index (κ2) is 8.78. The van der Waals surface area contributed by atoms with Crippen molar-refractivity contribution in [1.29, 1.82) is 0 Å². The van der Waals surface area contributed by atoms with Crippen LogP contribution >= 0.6 is 6.88 Å². The van der Waals surface area contributed by atoms with Crippen LogP contribution in [-0.4, -0.2) is 85.8 Å². The number of rotatable bonds is 4. The van der Waals surface area contributed by atoms with E-state index in [4.69, 9.17) is 4.74 Å². The first kappa shape index (κ1) is 35.6. The minimum atomic E-state index is -15.0. The van der Waals surface area contributed by atoms with E-state index in [1.54, 1.807) is 0 Å². The van der Waals surface area contributed by atoms with E-state index >= 15 is 0 Å². The van der Waals surface area contributed by atoms with E-state index in [1.807, 2.05) is 44.6 Å². The van der Waals surface area contributed by atoms with Gasteiger partial charge in [0.1, 0.15) is 0 Å². The zero-order chi connectivity index (χ0) is 29.6. The van der Waals surface area contributed by atoms with Gasteiger partial charge in [0.2, 0.25) is 0 Å². The molecule has 0 rings (SSSR count). The van der Waals surface area contributed by atoms with Crippen molar-refractivity contribution in [3.05, 3.63) is 0 Å². The van der Waals surface area contributed by atoms with Crippen LogP contribution in [0, 0.1) is 0 Å². The van der Waals surface area contributed by atoms with Gasteiger partial charge in [-0.2, -0.15) is 0 Å². The van der Waals surface area contributed by atoms with Crippen molar-refractivity contribution in [2.24, 2.45) is 0 Å². The Kier molecular flexibility index (Phi) is 8.93. The maximum atomic E-state index is 13.4. The van der Waals surface area contributed by atoms with Crippen LogP contribution in [0.4, 0.5) is 78.4 Å². The van der Waals surface area contributed by atoms with Crippen molar-refractivity contribution in [2.75, 3.05) is 34.8 Å². The summed E-state index contributed by atoms with van der Waals surface area (Å²) >= 11 is 0. The maximum absolute atomic E-state index is 15.0. The predicted octanol–water partition coefficient (Wildman–Crippen LogP) is 7.41. The molecule has 3 nitrogen and oxygen atoms in total. The van der Waals surface area contributed by atoms with Gasteiger partial charge < -0.3 is 4.74 Å². The molecule has 0 aliphatic carbocycles. The molecule has 0 saturated carbocycles. The Bertz CT molecular complexity index is 718. The predicted molar refractivity (Wildman–Crippen MR) is 85.7 cm³/mol. The zero-order valence-corrected chi connectivity index (χ0v) is 18.7. The number of halogens is 18. The van der Waals surface area contributed by atoms with Crippen molar-refractivity contribution in [3.8, 4) is 0 Å². The van der Waals surface area contributed by atoms with E-state index in [9.17, 15) is 78.4 Å². The van der Waals surface area contributed by atoms with Gasteiger partial charge >= 0.3 is 127 Å². The molecule has 0 atom stereocenters. The van der Waals surface area contributed by atoms with E-state index in [0.29, 0.717) is 6.61 Å². The molecule has 0 aromatic rings. The summed E-state index contributed by atoms with van der Waals surface area (Å²) in [6.07, 6.45) is -26.1. The number of nitrogens with zero attached hydrogens (tertiary/aromatic N) is 2. The molecule has 0 amide bonds. The van der Waals surface area contributed by atoms with Crippen LogP contribution in [0.5, 0.6) is 0 Å². The molecule has 0 heterocycles. The molecule has 22 heteroatoms. The van der Waals surface area contributed by atoms with E-state index in [1.165, 1.54) is 0 Å². The van der Waals surface area contributed by atoms with Crippen LogP contribution in [0.15, 0.2) is 0 Å². The van der Waals surface area contributed by atoms with Crippen LogP contribution in [0.3, 0.4) is 0 Å². The third-order valence-corrected chi connectivity index (χ3v) is 8.22. The monoisotopic (exact) mass is 590 g/mol. The van der Waals surface area contributed by atoms with E-state index < -0.39 is 42.4 Å². The average molecular weight is 590 g/mol. The van der Waals surface area contributed by atoms with Crippen molar-refractivity contribution < 1.29 is 87.8 Å². The molecular formula is C13H17F18N2OP. The van der Waals surface area contributed by atoms with Crippen LogP contribution in [0.2, 0.25) is 0 Å². The molecule has 0 bridgehead atoms. The Hall–Kier alpha value is -1.56. The van der Waals surface area contributed by atoms with Gasteiger partial charge in [0, 0.05) is 0 Å². The molecule has 0 fully saturated rings. The number of ether oxygens (including phenoxy) is 1. The van der Waals surface area contributed by atoms with Gasteiger partial charge in [-0.15, -0.1) is 0 Å². The SMILES string of the molecule is CCOC(N(C)C)=[N+](C)C.FC(F)(F)C(F)(F)[P-](F)(F)(F)(C(F)(F)C(F)(F)F)C(F)(F)C(F)(F)F. The second-order valence-electron chi connectivity index (χ2n) is 6.91. The van der Waals surface area contributed by atoms with E-state index in [0.717, 1.165) is 6.02 Å². The molecule has 216 valence electrons. The molecule has 0 aromatic carbocycles. The molecule has 0 unspecified atom stereocenters. The number of alkyl halides is 15. The Morgan fingerprint density at radius 3 is 0.943 bits per heavy atom. The Morgan fingerprint density at radius 2 is 0.857 bits per heavy atom. The Balaban J connectivity index is 0. The van der Waals surface area contributed by atoms with Gasteiger partial charge in [0.15, 0.2) is 0 Å². The van der Waals surface area contributed by atoms with Crippen molar-refractivity contribution in [1.82, 2.24) is 4.90 Å². The summed E-state index contributed by atoms with van der Waals surface area (Å²) in [6, 6.07) is 0.891. The van der Waals surface area contributed by atoms with Crippen LogP contribution in [0.25, 0.3) is 0 Å². The third kappa shape index (κ3) is 4.53. The summed E-state index contributed by atoms with van der Waals surface area (Å²) in [7, 11) is 7.85. The van der Waals surface area contributed by atoms with Crippen LogP contribution in [-0.2, 0) is 4.74 Å². The van der Waals surface area contributed by atoms with Crippen molar-refractivity contribution >= 4 is 12.9 Å². The molecular weight excluding hydrogens is 573 g/mol. The molecule has 35 heavy (non-hydrogen) atoms. The quantitative estimate of drug-likeness (QED) is 0.112. The average Bonchev–Trinajstić information content (AvgIpc) is 2.56. The summed E-state index contributed by atoms with van der Waals surface area (Å²) < 4.78 is 230. The molecule has 0 aliphatic heterocycles. The van der Waals surface area contributed by atoms with Gasteiger partial charge in [-0.1, -0.05) is 0 Å². The minimum absolute atomic E-state index is 0.714. The van der Waals surface area contributed by atoms with Crippen molar-refractivity contribution in [2.45, 2.75) is 42.4 Å². The number of hydrogen-bond donors (Lipinski definition) is 0. The van der Waals surface area contributed by atoms with Crippen LogP contribution < -0.4 is 0 Å². The molecule has 0 N–H and O–H groups in total. The molecule has 0 aliphatic rings. The number of amidine groups is 1. The summed E-state index contributed by atoms with van der Waals surface area (Å²) in [5.74, 6) is 0. The summed E-state index contributed by atoms with van der Waals surface area (Å²) in [4.78, 5) is 1.95. The van der Waals surface area contributed by atoms with E-state index in [2.05, 4.69) is 0 Å². The fraction of sp³-hybridized carbons (Fsp3) is 0.923. The number of hydrogen-bond acceptors (Lipinski definition) is 1. The molecule has 0 spiro atoms. The van der Waals surface area contributed by atoms with Gasteiger partial charge in [-0.3, -0.25) is 0 Å². The van der Waals surface area contributed by atoms with Gasteiger partial charge in [0.05, 0.1) is 34.8 Å². The normalized spacial score (nSPS) is 16.4. The van der Waals surface area contributed by atoms with Crippen LogP contribution in [0.1, 0.15) is 6.92 Å². The summed E-state index contributed by atoms with van der Waals surface area (Å²) in [5.41, 5.74) is -29.3. The Labute approximate surface area is 184 Å². The fourth-order valence-corrected chi connectivity index (χ4v) is 4.81. The van der Waals surface area contributed by atoms with Gasteiger partial charge in [-0.25, -0.2) is 9.48 Å². The molecule has 0 radical (unpaired) electrons. The molecule has 0 saturated heterocycles. The first-order valence-electron chi connectivity index (χ1n) is 8.20. The first-order chi connectivity index (χ1) is 14.7. The standard InChI is InChI=1S/C7H17N2O.C6F18P/c1-6-10-7(8(2)3)9(4)5;7-1(8,9)4(16,17)25(22,23,24,5(18,19)2(10,11)12)6(20,21)3(13,14)15/h6H2,1-5H3;/q+1;-1. The zero-order valence-electron chi connectivity index (χ0n) is 17.8. The second-order valence-corrected chi connectivity index (χ2v) is 11.2. The van der Waals surface area contributed by atoms with Crippen molar-refractivity contribution in [3.63, 3.8) is 0 Å². The topological polar surface area (TPSA) is 15.5 Å². The summed E-state index contributed by atoms with van der Waals surface area (Å²) in [6.45, 7) is -12.3. The van der Waals surface area contributed by atoms with E-state index in [-0.39, 0.29) is 0 Å². The summed E-state index contributed by atoms with van der Waals surface area (Å²) in [5, 5.41) is 0.